The van der Waals surface area contributed by atoms with Crippen LogP contribution in [0.2, 0.25) is 0 Å². The molecule has 1 saturated heterocycles. The van der Waals surface area contributed by atoms with E-state index in [0.717, 1.165) is 56.5 Å². The van der Waals surface area contributed by atoms with Crippen LogP contribution in [0.25, 0.3) is 0 Å². The molecule has 0 unspecified atom stereocenters. The van der Waals surface area contributed by atoms with E-state index >= 15 is 0 Å². The summed E-state index contributed by atoms with van der Waals surface area (Å²) in [5, 5.41) is 20.3. The molecule has 7 heteroatoms. The molecule has 142 valence electrons. The Morgan fingerprint density at radius 1 is 1.19 bits per heavy atom. The minimum Gasteiger partial charge on any atom is -0.478 e. The molecular weight excluding hydrogens is 344 g/mol. The lowest BCUT2D eigenvalue weighted by Gasteiger charge is -2.35. The van der Waals surface area contributed by atoms with Gasteiger partial charge in [-0.05, 0) is 55.6 Å². The highest BCUT2D eigenvalue weighted by molar-refractivity contribution is 5.93. The van der Waals surface area contributed by atoms with Crippen molar-refractivity contribution >= 4 is 11.8 Å². The maximum Gasteiger partial charge on any atom is 0.339 e. The van der Waals surface area contributed by atoms with Gasteiger partial charge in [-0.25, -0.2) is 14.8 Å². The Balaban J connectivity index is 1.42. The fourth-order valence-electron chi connectivity index (χ4n) is 5.23. The average molecular weight is 368 g/mol. The molecule has 27 heavy (non-hydrogen) atoms. The third-order valence-electron chi connectivity index (χ3n) is 6.58. The zero-order chi connectivity index (χ0) is 18.5. The highest BCUT2D eigenvalue weighted by Crippen LogP contribution is 2.43. The second kappa shape index (κ2) is 6.34. The van der Waals surface area contributed by atoms with Crippen LogP contribution in [0.5, 0.6) is 0 Å². The van der Waals surface area contributed by atoms with Crippen LogP contribution in [-0.2, 0) is 12.8 Å². The molecule has 2 fully saturated rings. The topological polar surface area (TPSA) is 91.5 Å². The molecule has 2 aromatic heterocycles. The van der Waals surface area contributed by atoms with E-state index in [-0.39, 0.29) is 6.04 Å². The first-order valence-corrected chi connectivity index (χ1v) is 9.76. The largest absolute Gasteiger partial charge is 0.478 e. The smallest absolute Gasteiger partial charge is 0.339 e. The highest BCUT2D eigenvalue weighted by Gasteiger charge is 2.43. The average Bonchev–Trinajstić information content (AvgIpc) is 3.39. The maximum atomic E-state index is 11.8. The Hall–Kier alpha value is -2.41. The third-order valence-corrected chi connectivity index (χ3v) is 6.58. The van der Waals surface area contributed by atoms with Gasteiger partial charge in [-0.15, -0.1) is 0 Å². The van der Waals surface area contributed by atoms with Crippen LogP contribution >= 0.6 is 0 Å². The fraction of sp³-hybridized carbons (Fsp3) is 0.550. The summed E-state index contributed by atoms with van der Waals surface area (Å²) in [5.41, 5.74) is 2.46. The van der Waals surface area contributed by atoms with Gasteiger partial charge in [-0.2, -0.15) is 0 Å². The fourth-order valence-corrected chi connectivity index (χ4v) is 5.23. The number of hydrogen-bond donors (Lipinski definition) is 2. The summed E-state index contributed by atoms with van der Waals surface area (Å²) in [6.45, 7) is 1.57. The van der Waals surface area contributed by atoms with Gasteiger partial charge in [0.25, 0.3) is 0 Å². The van der Waals surface area contributed by atoms with Crippen molar-refractivity contribution in [3.63, 3.8) is 0 Å². The summed E-state index contributed by atoms with van der Waals surface area (Å²) >= 11 is 0. The van der Waals surface area contributed by atoms with Crippen molar-refractivity contribution in [2.45, 2.75) is 44.2 Å². The van der Waals surface area contributed by atoms with Gasteiger partial charge in [0.15, 0.2) is 0 Å². The molecule has 0 amide bonds. The molecule has 3 heterocycles. The Kier molecular flexibility index (Phi) is 3.93. The number of hydrogen-bond acceptors (Lipinski definition) is 5. The van der Waals surface area contributed by atoms with Crippen molar-refractivity contribution in [2.24, 2.45) is 11.8 Å². The molecule has 4 atom stereocenters. The predicted molar refractivity (Wildman–Crippen MR) is 98.9 cm³/mol. The minimum absolute atomic E-state index is 0.0422. The summed E-state index contributed by atoms with van der Waals surface area (Å²) in [6, 6.07) is 1.87. The number of anilines is 1. The number of nitrogens with zero attached hydrogens (tertiary/aromatic N) is 4. The molecule has 2 aliphatic carbocycles. The number of imidazole rings is 1. The van der Waals surface area contributed by atoms with E-state index in [2.05, 4.69) is 9.88 Å². The van der Waals surface area contributed by atoms with Gasteiger partial charge >= 0.3 is 5.97 Å². The normalized spacial score (nSPS) is 29.6. The first-order valence-electron chi connectivity index (χ1n) is 9.76. The molecule has 0 spiro atoms. The second-order valence-corrected chi connectivity index (χ2v) is 8.17. The lowest BCUT2D eigenvalue weighted by Crippen LogP contribution is -2.35. The van der Waals surface area contributed by atoms with Crippen molar-refractivity contribution in [2.75, 3.05) is 18.0 Å². The van der Waals surface area contributed by atoms with Gasteiger partial charge in [0.1, 0.15) is 11.4 Å². The molecule has 5 rings (SSSR count). The molecule has 0 radical (unpaired) electrons. The third kappa shape index (κ3) is 2.81. The van der Waals surface area contributed by atoms with E-state index < -0.39 is 12.1 Å². The Morgan fingerprint density at radius 3 is 2.74 bits per heavy atom. The molecule has 0 aromatic carbocycles. The Bertz CT molecular complexity index is 866. The van der Waals surface area contributed by atoms with E-state index in [1.54, 1.807) is 12.5 Å². The molecule has 7 nitrogen and oxygen atoms in total. The van der Waals surface area contributed by atoms with Crippen LogP contribution in [0.3, 0.4) is 0 Å². The highest BCUT2D eigenvalue weighted by atomic mass is 16.4. The number of carboxylic acid groups (broad SMARTS) is 1. The number of aliphatic hydroxyl groups excluding tert-OH is 1. The number of aryl methyl sites for hydroxylation is 2. The quantitative estimate of drug-likeness (QED) is 0.860. The van der Waals surface area contributed by atoms with Crippen molar-refractivity contribution in [3.05, 3.63) is 41.6 Å². The number of rotatable bonds is 3. The van der Waals surface area contributed by atoms with Gasteiger partial charge in [-0.1, -0.05) is 0 Å². The number of fused-ring (bicyclic) bond motifs is 2. The monoisotopic (exact) mass is 368 g/mol. The maximum absolute atomic E-state index is 11.8. The molecule has 3 aliphatic rings. The summed E-state index contributed by atoms with van der Waals surface area (Å²) in [7, 11) is 0. The van der Waals surface area contributed by atoms with E-state index in [1.807, 2.05) is 16.8 Å². The summed E-state index contributed by atoms with van der Waals surface area (Å²) in [6.07, 6.45) is 9.55. The lowest BCUT2D eigenvalue weighted by atomic mass is 9.77. The number of aliphatic hydroxyl groups is 1. The summed E-state index contributed by atoms with van der Waals surface area (Å²) in [4.78, 5) is 22.9. The van der Waals surface area contributed by atoms with Crippen molar-refractivity contribution in [1.82, 2.24) is 14.5 Å². The minimum atomic E-state index is -0.904. The van der Waals surface area contributed by atoms with Gasteiger partial charge in [0.2, 0.25) is 0 Å². The first-order chi connectivity index (χ1) is 13.1. The number of pyridine rings is 1. The molecule has 0 bridgehead atoms. The van der Waals surface area contributed by atoms with Gasteiger partial charge in [-0.3, -0.25) is 0 Å². The van der Waals surface area contributed by atoms with Crippen LogP contribution in [0.4, 0.5) is 5.82 Å². The first kappa shape index (κ1) is 16.7. The predicted octanol–water partition coefficient (Wildman–Crippen LogP) is 1.91. The SMILES string of the molecule is O=C(O)c1cc2c(nc1N1C[C@H]3C[C@@H](n4ccnc4)[C@H](O)C[C@H]3C1)CCC2. The zero-order valence-corrected chi connectivity index (χ0v) is 15.2. The molecule has 2 aromatic rings. The lowest BCUT2D eigenvalue weighted by molar-refractivity contribution is 0.0358. The van der Waals surface area contributed by atoms with Gasteiger partial charge in [0.05, 0.1) is 18.5 Å². The van der Waals surface area contributed by atoms with Crippen LogP contribution in [-0.4, -0.2) is 49.9 Å². The Morgan fingerprint density at radius 2 is 2.00 bits per heavy atom. The molecule has 1 saturated carbocycles. The van der Waals surface area contributed by atoms with Crippen molar-refractivity contribution in [1.29, 1.82) is 0 Å². The van der Waals surface area contributed by atoms with E-state index in [0.29, 0.717) is 23.2 Å². The molecule has 2 N–H and O–H groups in total. The van der Waals surface area contributed by atoms with E-state index in [9.17, 15) is 15.0 Å². The van der Waals surface area contributed by atoms with Crippen LogP contribution in [0, 0.1) is 11.8 Å². The van der Waals surface area contributed by atoms with Crippen LogP contribution in [0.15, 0.2) is 24.8 Å². The van der Waals surface area contributed by atoms with Crippen molar-refractivity contribution in [3.8, 4) is 0 Å². The Labute approximate surface area is 157 Å². The zero-order valence-electron chi connectivity index (χ0n) is 15.2. The number of carbonyl (C=O) groups is 1. The second-order valence-electron chi connectivity index (χ2n) is 8.17. The van der Waals surface area contributed by atoms with Crippen LogP contribution < -0.4 is 4.90 Å². The number of carboxylic acids is 1. The summed E-state index contributed by atoms with van der Waals surface area (Å²) < 4.78 is 2.00. The van der Waals surface area contributed by atoms with Crippen LogP contribution in [0.1, 0.15) is 46.9 Å². The van der Waals surface area contributed by atoms with Gasteiger partial charge < -0.3 is 19.7 Å². The van der Waals surface area contributed by atoms with Gasteiger partial charge in [0, 0.05) is 31.2 Å². The summed E-state index contributed by atoms with van der Waals surface area (Å²) in [5.74, 6) is 0.513. The standard InChI is InChI=1S/C20H24N4O3/c25-18-8-14-10-24(9-13(14)7-17(18)23-5-4-21-11-23)19-15(20(26)27)6-12-2-1-3-16(12)22-19/h4-6,11,13-14,17-18,25H,1-3,7-10H2,(H,26,27)/t13-,14+,17-,18-/m1/s1. The molecule has 1 aliphatic heterocycles. The number of aromatic carboxylic acids is 1. The number of aromatic nitrogens is 3. The van der Waals surface area contributed by atoms with Crippen molar-refractivity contribution < 1.29 is 15.0 Å². The van der Waals surface area contributed by atoms with E-state index in [4.69, 9.17) is 4.98 Å². The molecular formula is C20H24N4O3. The van der Waals surface area contributed by atoms with E-state index in [1.165, 1.54) is 0 Å².